The van der Waals surface area contributed by atoms with Crippen LogP contribution in [0.4, 0.5) is 22.7 Å². The zero-order valence-corrected chi connectivity index (χ0v) is 25.7. The van der Waals surface area contributed by atoms with Crippen molar-refractivity contribution in [1.29, 1.82) is 0 Å². The first-order valence-electron chi connectivity index (χ1n) is 15.1. The van der Waals surface area contributed by atoms with Crippen molar-refractivity contribution in [3.8, 4) is 0 Å². The minimum absolute atomic E-state index is 0.250. The van der Waals surface area contributed by atoms with Gasteiger partial charge in [0.1, 0.15) is 24.0 Å². The average molecular weight is 653 g/mol. The van der Waals surface area contributed by atoms with Crippen LogP contribution < -0.4 is 22.9 Å². The van der Waals surface area contributed by atoms with E-state index in [4.69, 9.17) is 32.4 Å². The van der Waals surface area contributed by atoms with E-state index in [9.17, 15) is 29.4 Å². The normalized spacial score (nSPS) is 25.5. The van der Waals surface area contributed by atoms with Crippen LogP contribution in [-0.4, -0.2) is 47.3 Å². The number of anilines is 4. The van der Waals surface area contributed by atoms with Crippen molar-refractivity contribution in [3.63, 3.8) is 0 Å². The molecule has 2 aliphatic rings. The van der Waals surface area contributed by atoms with E-state index in [0.717, 1.165) is 22.3 Å². The summed E-state index contributed by atoms with van der Waals surface area (Å²) in [6.45, 7) is 0.619. The summed E-state index contributed by atoms with van der Waals surface area (Å²) in [7, 11) is 0. The topological polar surface area (TPSA) is 231 Å². The van der Waals surface area contributed by atoms with Gasteiger partial charge in [0.15, 0.2) is 0 Å². The van der Waals surface area contributed by atoms with E-state index in [-0.39, 0.29) is 23.7 Å². The number of hydrogen-bond acceptors (Lipinski definition) is 10. The summed E-state index contributed by atoms with van der Waals surface area (Å²) >= 11 is 0. The number of ether oxygens (including phenoxy) is 2. The second kappa shape index (κ2) is 14.2. The Bertz CT molecular complexity index is 1620. The second-order valence-electron chi connectivity index (χ2n) is 11.9. The van der Waals surface area contributed by atoms with Gasteiger partial charge in [-0.05, 0) is 70.8 Å². The predicted octanol–water partition coefficient (Wildman–Crippen LogP) is 3.95. The zero-order valence-electron chi connectivity index (χ0n) is 25.7. The number of nitrogen functional groups attached to an aromatic ring is 4. The molecule has 12 nitrogen and oxygen atoms in total. The molecule has 8 atom stereocenters. The highest BCUT2D eigenvalue weighted by molar-refractivity contribution is 5.76. The van der Waals surface area contributed by atoms with Crippen LogP contribution in [0.15, 0.2) is 97.1 Å². The first-order valence-corrected chi connectivity index (χ1v) is 15.1. The smallest absolute Gasteiger partial charge is 0.310 e. The van der Waals surface area contributed by atoms with E-state index in [0.29, 0.717) is 35.7 Å². The van der Waals surface area contributed by atoms with Crippen LogP contribution in [0.1, 0.15) is 45.9 Å². The van der Waals surface area contributed by atoms with Gasteiger partial charge in [-0.25, -0.2) is 0 Å². The maximum Gasteiger partial charge on any atom is 0.310 e. The van der Waals surface area contributed by atoms with Gasteiger partial charge in [-0.1, -0.05) is 48.5 Å². The summed E-state index contributed by atoms with van der Waals surface area (Å²) in [6, 6.07) is 28.6. The molecule has 0 bridgehead atoms. The Balaban J connectivity index is 0.000000188. The van der Waals surface area contributed by atoms with Gasteiger partial charge < -0.3 is 42.6 Å². The summed E-state index contributed by atoms with van der Waals surface area (Å²) < 4.78 is 10.2. The standard InChI is InChI=1S/2C18H18N2O4/c2*19-12-5-1-10(2-6-12)14-15(11-3-7-13(20)8-4-11)17(24-9-21)16(14)18(22)23/h2*1-9,14-17H,19-20H2,(H,22,23)/t14-,15+,16+,17-;14-,15-,16+,17+/m10/s1. The zero-order chi connectivity index (χ0) is 34.5. The lowest BCUT2D eigenvalue weighted by Crippen LogP contribution is -2.53. The Morgan fingerprint density at radius 2 is 0.688 bits per heavy atom. The van der Waals surface area contributed by atoms with Crippen molar-refractivity contribution < 1.29 is 38.9 Å². The highest BCUT2D eigenvalue weighted by Crippen LogP contribution is 2.56. The van der Waals surface area contributed by atoms with Crippen LogP contribution >= 0.6 is 0 Å². The van der Waals surface area contributed by atoms with Crippen LogP contribution in [0.3, 0.4) is 0 Å². The van der Waals surface area contributed by atoms with Gasteiger partial charge in [-0.2, -0.15) is 0 Å². The lowest BCUT2D eigenvalue weighted by molar-refractivity contribution is -0.167. The number of carboxylic acid groups (broad SMARTS) is 2. The number of carboxylic acids is 2. The average Bonchev–Trinajstić information content (AvgIpc) is 3.04. The minimum Gasteiger partial charge on any atom is -0.481 e. The molecule has 12 heteroatoms. The van der Waals surface area contributed by atoms with Crippen molar-refractivity contribution in [2.75, 3.05) is 22.9 Å². The van der Waals surface area contributed by atoms with Crippen molar-refractivity contribution in [2.24, 2.45) is 11.8 Å². The number of carbonyl (C=O) groups is 4. The van der Waals surface area contributed by atoms with Gasteiger partial charge in [-0.3, -0.25) is 19.2 Å². The van der Waals surface area contributed by atoms with Gasteiger partial charge in [0.05, 0.1) is 0 Å². The first-order chi connectivity index (χ1) is 23.0. The van der Waals surface area contributed by atoms with Crippen LogP contribution in [0.25, 0.3) is 0 Å². The number of carbonyl (C=O) groups excluding carboxylic acids is 2. The fourth-order valence-corrected chi connectivity index (χ4v) is 6.97. The predicted molar refractivity (Wildman–Crippen MR) is 179 cm³/mol. The summed E-state index contributed by atoms with van der Waals surface area (Å²) in [4.78, 5) is 45.1. The SMILES string of the molecule is Nc1ccc([C@@H]2[C@@H](OC=O)[C@@H](C(=O)O)[C@@H]2c2ccc(N)cc2)cc1.Nc1ccc([C@@H]2[C@@H](OC=O)[C@H](C(=O)O)[C@H]2c2ccc(N)cc2)cc1. The van der Waals surface area contributed by atoms with Gasteiger partial charge >= 0.3 is 11.9 Å². The van der Waals surface area contributed by atoms with E-state index in [2.05, 4.69) is 0 Å². The molecule has 4 aromatic rings. The van der Waals surface area contributed by atoms with Crippen LogP contribution in [0, 0.1) is 11.8 Å². The molecule has 6 rings (SSSR count). The van der Waals surface area contributed by atoms with E-state index in [1.165, 1.54) is 0 Å². The van der Waals surface area contributed by atoms with Crippen molar-refractivity contribution in [3.05, 3.63) is 119 Å². The third kappa shape index (κ3) is 6.59. The van der Waals surface area contributed by atoms with Gasteiger partial charge in [-0.15, -0.1) is 0 Å². The molecule has 2 saturated carbocycles. The highest BCUT2D eigenvalue weighted by atomic mass is 16.5. The largest absolute Gasteiger partial charge is 0.481 e. The van der Waals surface area contributed by atoms with Crippen LogP contribution in [0.5, 0.6) is 0 Å². The number of benzene rings is 4. The molecule has 48 heavy (non-hydrogen) atoms. The molecule has 0 saturated heterocycles. The summed E-state index contributed by atoms with van der Waals surface area (Å²) in [5, 5.41) is 19.2. The van der Waals surface area contributed by atoms with Crippen LogP contribution in [-0.2, 0) is 28.7 Å². The van der Waals surface area contributed by atoms with E-state index < -0.39 is 36.0 Å². The highest BCUT2D eigenvalue weighted by Gasteiger charge is 2.58. The summed E-state index contributed by atoms with van der Waals surface area (Å²) in [5.74, 6) is -4.71. The monoisotopic (exact) mass is 652 g/mol. The van der Waals surface area contributed by atoms with Crippen molar-refractivity contribution >= 4 is 47.6 Å². The molecule has 248 valence electrons. The second-order valence-corrected chi connectivity index (χ2v) is 11.9. The molecule has 0 spiro atoms. The van der Waals surface area contributed by atoms with Gasteiger partial charge in [0.2, 0.25) is 0 Å². The maximum absolute atomic E-state index is 11.7. The third-order valence-electron chi connectivity index (χ3n) is 9.24. The Labute approximate surface area is 276 Å². The van der Waals surface area contributed by atoms with Gasteiger partial charge in [0.25, 0.3) is 12.9 Å². The van der Waals surface area contributed by atoms with Gasteiger partial charge in [0, 0.05) is 46.4 Å². The lowest BCUT2D eigenvalue weighted by atomic mass is 9.57. The van der Waals surface area contributed by atoms with E-state index in [1.807, 2.05) is 48.5 Å². The Kier molecular flexibility index (Phi) is 9.83. The lowest BCUT2D eigenvalue weighted by Gasteiger charge is -2.49. The van der Waals surface area contributed by atoms with Crippen molar-refractivity contribution in [2.45, 2.75) is 35.9 Å². The molecule has 4 aromatic carbocycles. The maximum atomic E-state index is 11.7. The quantitative estimate of drug-likeness (QED) is 0.106. The molecule has 0 unspecified atom stereocenters. The Morgan fingerprint density at radius 3 is 0.896 bits per heavy atom. The summed E-state index contributed by atoms with van der Waals surface area (Å²) in [6.07, 6.45) is -1.43. The molecule has 0 radical (unpaired) electrons. The molecular weight excluding hydrogens is 616 g/mol. The fraction of sp³-hybridized carbons (Fsp3) is 0.222. The Morgan fingerprint density at radius 1 is 0.458 bits per heavy atom. The van der Waals surface area contributed by atoms with Crippen LogP contribution in [0.2, 0.25) is 0 Å². The first kappa shape index (κ1) is 33.3. The molecule has 0 aromatic heterocycles. The van der Waals surface area contributed by atoms with E-state index in [1.54, 1.807) is 48.5 Å². The molecule has 0 heterocycles. The third-order valence-corrected chi connectivity index (χ3v) is 9.24. The number of aliphatic carboxylic acids is 2. The number of rotatable bonds is 10. The minimum atomic E-state index is -0.990. The van der Waals surface area contributed by atoms with E-state index >= 15 is 0 Å². The molecule has 0 amide bonds. The number of nitrogens with two attached hydrogens (primary N) is 4. The van der Waals surface area contributed by atoms with Crippen molar-refractivity contribution in [1.82, 2.24) is 0 Å². The molecule has 0 aliphatic heterocycles. The molecule has 10 N–H and O–H groups in total. The fourth-order valence-electron chi connectivity index (χ4n) is 6.97. The summed E-state index contributed by atoms with van der Waals surface area (Å²) in [5.41, 5.74) is 28.8. The number of hydrogen-bond donors (Lipinski definition) is 6. The molecular formula is C36H36N4O8. The molecule has 2 fully saturated rings. The molecule has 2 aliphatic carbocycles. The Hall–Kier alpha value is -6.04.